The Bertz CT molecular complexity index is 1020. The standard InChI is InChI=1S/C23H24N4O3/c28-22-16-29-20-8-4-3-7-19(20)27(22)15-21-24-23(25-30-21)17-9-11-18(12-10-17)26-13-5-1-2-6-14-26/h3-4,7-12H,1-2,5-6,13-16H2. The lowest BCUT2D eigenvalue weighted by atomic mass is 10.2. The molecule has 0 radical (unpaired) electrons. The Hall–Kier alpha value is -3.35. The molecule has 0 bridgehead atoms. The maximum atomic E-state index is 12.4. The number of carbonyl (C=O) groups excluding carboxylic acids is 1. The number of nitrogens with zero attached hydrogens (tertiary/aromatic N) is 4. The molecule has 1 saturated heterocycles. The summed E-state index contributed by atoms with van der Waals surface area (Å²) in [6.45, 7) is 2.45. The number of anilines is 2. The van der Waals surface area contributed by atoms with E-state index in [-0.39, 0.29) is 19.1 Å². The van der Waals surface area contributed by atoms with E-state index in [1.165, 1.54) is 31.4 Å². The second-order valence-electron chi connectivity index (χ2n) is 7.70. The number of hydrogen-bond acceptors (Lipinski definition) is 6. The molecular formula is C23H24N4O3. The molecule has 7 nitrogen and oxygen atoms in total. The number of aromatic nitrogens is 2. The van der Waals surface area contributed by atoms with Crippen molar-refractivity contribution in [3.8, 4) is 17.1 Å². The van der Waals surface area contributed by atoms with Crippen LogP contribution in [0.4, 0.5) is 11.4 Å². The quantitative estimate of drug-likeness (QED) is 0.653. The number of benzene rings is 2. The third-order valence-electron chi connectivity index (χ3n) is 5.67. The average molecular weight is 404 g/mol. The summed E-state index contributed by atoms with van der Waals surface area (Å²) in [6.07, 6.45) is 5.13. The van der Waals surface area contributed by atoms with Crippen LogP contribution in [0.15, 0.2) is 53.1 Å². The summed E-state index contributed by atoms with van der Waals surface area (Å²) >= 11 is 0. The predicted octanol–water partition coefficient (Wildman–Crippen LogP) is 4.04. The van der Waals surface area contributed by atoms with Gasteiger partial charge in [-0.05, 0) is 49.2 Å². The normalized spacial score (nSPS) is 16.7. The van der Waals surface area contributed by atoms with E-state index in [1.807, 2.05) is 36.4 Å². The van der Waals surface area contributed by atoms with Crippen LogP contribution in [0.5, 0.6) is 5.75 Å². The molecule has 1 aromatic heterocycles. The fraction of sp³-hybridized carbons (Fsp3) is 0.348. The van der Waals surface area contributed by atoms with Gasteiger partial charge in [0, 0.05) is 24.3 Å². The summed E-state index contributed by atoms with van der Waals surface area (Å²) in [5.74, 6) is 1.48. The molecule has 5 rings (SSSR count). The van der Waals surface area contributed by atoms with E-state index in [0.29, 0.717) is 17.5 Å². The summed E-state index contributed by atoms with van der Waals surface area (Å²) in [6, 6.07) is 15.8. The van der Waals surface area contributed by atoms with Crippen LogP contribution in [0.2, 0.25) is 0 Å². The molecule has 2 aromatic carbocycles. The molecule has 0 atom stereocenters. The molecule has 1 fully saturated rings. The number of hydrogen-bond donors (Lipinski definition) is 0. The van der Waals surface area contributed by atoms with Crippen molar-refractivity contribution in [1.82, 2.24) is 10.1 Å². The maximum Gasteiger partial charge on any atom is 0.265 e. The van der Waals surface area contributed by atoms with E-state index in [0.717, 1.165) is 24.3 Å². The first-order chi connectivity index (χ1) is 14.8. The van der Waals surface area contributed by atoms with Crippen molar-refractivity contribution in [3.05, 3.63) is 54.4 Å². The van der Waals surface area contributed by atoms with Gasteiger partial charge in [0.1, 0.15) is 12.3 Å². The molecule has 2 aliphatic rings. The molecular weight excluding hydrogens is 380 g/mol. The Morgan fingerprint density at radius 1 is 0.933 bits per heavy atom. The van der Waals surface area contributed by atoms with Crippen molar-refractivity contribution in [3.63, 3.8) is 0 Å². The molecule has 3 heterocycles. The Morgan fingerprint density at radius 3 is 2.50 bits per heavy atom. The lowest BCUT2D eigenvalue weighted by molar-refractivity contribution is -0.121. The third kappa shape index (κ3) is 3.75. The highest BCUT2D eigenvalue weighted by molar-refractivity contribution is 5.97. The van der Waals surface area contributed by atoms with Crippen LogP contribution < -0.4 is 14.5 Å². The summed E-state index contributed by atoms with van der Waals surface area (Å²) in [5.41, 5.74) is 2.85. The highest BCUT2D eigenvalue weighted by Crippen LogP contribution is 2.32. The first kappa shape index (κ1) is 18.7. The Kier molecular flexibility index (Phi) is 5.09. The van der Waals surface area contributed by atoms with Crippen molar-refractivity contribution >= 4 is 17.3 Å². The summed E-state index contributed by atoms with van der Waals surface area (Å²) in [5, 5.41) is 4.12. The van der Waals surface area contributed by atoms with Crippen molar-refractivity contribution in [2.75, 3.05) is 29.5 Å². The van der Waals surface area contributed by atoms with Crippen LogP contribution in [-0.2, 0) is 11.3 Å². The second kappa shape index (κ2) is 8.18. The molecule has 0 saturated carbocycles. The van der Waals surface area contributed by atoms with Gasteiger partial charge in [0.25, 0.3) is 5.91 Å². The monoisotopic (exact) mass is 404 g/mol. The summed E-state index contributed by atoms with van der Waals surface area (Å²) < 4.78 is 10.9. The predicted molar refractivity (Wildman–Crippen MR) is 114 cm³/mol. The van der Waals surface area contributed by atoms with Gasteiger partial charge in [-0.3, -0.25) is 9.69 Å². The molecule has 7 heteroatoms. The zero-order valence-electron chi connectivity index (χ0n) is 16.8. The minimum absolute atomic E-state index is 0.00989. The van der Waals surface area contributed by atoms with E-state index in [9.17, 15) is 4.79 Å². The van der Waals surface area contributed by atoms with Gasteiger partial charge in [0.05, 0.1) is 5.69 Å². The minimum atomic E-state index is -0.129. The van der Waals surface area contributed by atoms with E-state index in [1.54, 1.807) is 4.90 Å². The van der Waals surface area contributed by atoms with Crippen molar-refractivity contribution in [1.29, 1.82) is 0 Å². The Morgan fingerprint density at radius 2 is 1.70 bits per heavy atom. The Balaban J connectivity index is 1.32. The van der Waals surface area contributed by atoms with E-state index < -0.39 is 0 Å². The van der Waals surface area contributed by atoms with Crippen LogP contribution in [0.25, 0.3) is 11.4 Å². The summed E-state index contributed by atoms with van der Waals surface area (Å²) in [4.78, 5) is 20.9. The summed E-state index contributed by atoms with van der Waals surface area (Å²) in [7, 11) is 0. The molecule has 2 aliphatic heterocycles. The van der Waals surface area contributed by atoms with E-state index >= 15 is 0 Å². The van der Waals surface area contributed by atoms with Gasteiger partial charge in [-0.15, -0.1) is 0 Å². The smallest absolute Gasteiger partial charge is 0.265 e. The van der Waals surface area contributed by atoms with Crippen molar-refractivity contribution in [2.24, 2.45) is 0 Å². The van der Waals surface area contributed by atoms with Crippen LogP contribution in [0, 0.1) is 0 Å². The number of rotatable bonds is 4. The van der Waals surface area contributed by atoms with Gasteiger partial charge in [0.15, 0.2) is 6.61 Å². The molecule has 1 amide bonds. The van der Waals surface area contributed by atoms with E-state index in [2.05, 4.69) is 27.2 Å². The lowest BCUT2D eigenvalue weighted by Gasteiger charge is -2.27. The van der Waals surface area contributed by atoms with Crippen LogP contribution >= 0.6 is 0 Å². The van der Waals surface area contributed by atoms with Gasteiger partial charge in [-0.2, -0.15) is 4.98 Å². The highest BCUT2D eigenvalue weighted by Gasteiger charge is 2.27. The van der Waals surface area contributed by atoms with Crippen LogP contribution in [0.1, 0.15) is 31.6 Å². The largest absolute Gasteiger partial charge is 0.482 e. The van der Waals surface area contributed by atoms with Gasteiger partial charge in [0.2, 0.25) is 11.7 Å². The fourth-order valence-corrected chi connectivity index (χ4v) is 4.05. The third-order valence-corrected chi connectivity index (χ3v) is 5.67. The molecule has 0 unspecified atom stereocenters. The van der Waals surface area contributed by atoms with Crippen LogP contribution in [0.3, 0.4) is 0 Å². The molecule has 154 valence electrons. The zero-order valence-corrected chi connectivity index (χ0v) is 16.8. The molecule has 3 aromatic rings. The van der Waals surface area contributed by atoms with Gasteiger partial charge in [-0.25, -0.2) is 0 Å². The van der Waals surface area contributed by atoms with Gasteiger partial charge >= 0.3 is 0 Å². The van der Waals surface area contributed by atoms with Gasteiger partial charge in [-0.1, -0.05) is 30.1 Å². The SMILES string of the molecule is O=C1COc2ccccc2N1Cc1nc(-c2ccc(N3CCCCCC3)cc2)no1. The number of ether oxygens (including phenoxy) is 1. The minimum Gasteiger partial charge on any atom is -0.482 e. The molecule has 30 heavy (non-hydrogen) atoms. The van der Waals surface area contributed by atoms with Gasteiger partial charge < -0.3 is 14.2 Å². The lowest BCUT2D eigenvalue weighted by Crippen LogP contribution is -2.38. The first-order valence-corrected chi connectivity index (χ1v) is 10.5. The van der Waals surface area contributed by atoms with Crippen molar-refractivity contribution < 1.29 is 14.1 Å². The van der Waals surface area contributed by atoms with Crippen molar-refractivity contribution in [2.45, 2.75) is 32.2 Å². The zero-order chi connectivity index (χ0) is 20.3. The van der Waals surface area contributed by atoms with Crippen LogP contribution in [-0.4, -0.2) is 35.7 Å². The first-order valence-electron chi connectivity index (χ1n) is 10.5. The van der Waals surface area contributed by atoms with E-state index in [4.69, 9.17) is 9.26 Å². The topological polar surface area (TPSA) is 71.7 Å². The maximum absolute atomic E-state index is 12.4. The second-order valence-corrected chi connectivity index (χ2v) is 7.70. The fourth-order valence-electron chi connectivity index (χ4n) is 4.05. The molecule has 0 spiro atoms. The number of para-hydroxylation sites is 2. The average Bonchev–Trinajstić information content (AvgIpc) is 3.08. The number of fused-ring (bicyclic) bond motifs is 1. The Labute approximate surface area is 175 Å². The number of amides is 1. The molecule has 0 aliphatic carbocycles. The molecule has 0 N–H and O–H groups in total. The highest BCUT2D eigenvalue weighted by atomic mass is 16.5. The number of carbonyl (C=O) groups is 1.